The van der Waals surface area contributed by atoms with Gasteiger partial charge in [0, 0.05) is 30.9 Å². The molecule has 4 rings (SSSR count). The van der Waals surface area contributed by atoms with Crippen LogP contribution in [-0.2, 0) is 0 Å². The summed E-state index contributed by atoms with van der Waals surface area (Å²) in [6, 6.07) is 12.5. The lowest BCUT2D eigenvalue weighted by Gasteiger charge is -2.22. The summed E-state index contributed by atoms with van der Waals surface area (Å²) in [5, 5.41) is 6.46. The van der Waals surface area contributed by atoms with Crippen molar-refractivity contribution in [2.45, 2.75) is 26.7 Å². The molecule has 156 valence electrons. The molecule has 0 unspecified atom stereocenters. The molecule has 0 saturated heterocycles. The van der Waals surface area contributed by atoms with Crippen molar-refractivity contribution in [3.05, 3.63) is 76.4 Å². The van der Waals surface area contributed by atoms with Crippen molar-refractivity contribution in [3.63, 3.8) is 0 Å². The fourth-order valence-corrected chi connectivity index (χ4v) is 4.23. The molecule has 0 radical (unpaired) electrons. The number of hydrogen-bond acceptors (Lipinski definition) is 3. The molecule has 0 atom stereocenters. The van der Waals surface area contributed by atoms with Gasteiger partial charge in [0.25, 0.3) is 5.91 Å². The average molecular weight is 402 g/mol. The molecule has 1 amide bonds. The van der Waals surface area contributed by atoms with Crippen LogP contribution in [0.3, 0.4) is 0 Å². The number of anilines is 1. The maximum absolute atomic E-state index is 13.0. The Morgan fingerprint density at radius 1 is 0.967 bits per heavy atom. The first kappa shape index (κ1) is 20.6. The van der Waals surface area contributed by atoms with E-state index in [-0.39, 0.29) is 5.91 Å². The monoisotopic (exact) mass is 401 g/mol. The van der Waals surface area contributed by atoms with Crippen LogP contribution in [0.15, 0.2) is 48.6 Å². The van der Waals surface area contributed by atoms with Crippen LogP contribution in [0, 0.1) is 13.8 Å². The van der Waals surface area contributed by atoms with E-state index >= 15 is 0 Å². The van der Waals surface area contributed by atoms with E-state index in [0.29, 0.717) is 0 Å². The zero-order valence-electron chi connectivity index (χ0n) is 18.2. The molecule has 0 spiro atoms. The highest BCUT2D eigenvalue weighted by molar-refractivity contribution is 6.06. The molecular weight excluding hydrogens is 370 g/mol. The quantitative estimate of drug-likeness (QED) is 0.784. The summed E-state index contributed by atoms with van der Waals surface area (Å²) in [5.74, 6) is -0.0478. The zero-order chi connectivity index (χ0) is 21.1. The molecule has 0 aromatic heterocycles. The normalized spacial score (nSPS) is 17.3. The number of rotatable bonds is 4. The number of aryl methyl sites for hydroxylation is 2. The molecule has 2 aliphatic rings. The topological polar surface area (TPSA) is 44.4 Å². The number of likely N-dealkylation sites (N-methyl/N-ethyl adjacent to an activating group) is 1. The van der Waals surface area contributed by atoms with Gasteiger partial charge in [-0.15, -0.1) is 0 Å². The van der Waals surface area contributed by atoms with Gasteiger partial charge >= 0.3 is 0 Å². The van der Waals surface area contributed by atoms with Crippen molar-refractivity contribution in [1.29, 1.82) is 0 Å². The molecule has 4 nitrogen and oxygen atoms in total. The van der Waals surface area contributed by atoms with E-state index < -0.39 is 0 Å². The van der Waals surface area contributed by atoms with Crippen LogP contribution >= 0.6 is 0 Å². The summed E-state index contributed by atoms with van der Waals surface area (Å²) >= 11 is 0. The van der Waals surface area contributed by atoms with E-state index in [9.17, 15) is 4.79 Å². The molecule has 2 heterocycles. The lowest BCUT2D eigenvalue weighted by Crippen LogP contribution is -2.23. The van der Waals surface area contributed by atoms with Crippen molar-refractivity contribution in [2.75, 3.05) is 38.5 Å². The third kappa shape index (κ3) is 4.55. The Hall–Kier alpha value is -2.69. The summed E-state index contributed by atoms with van der Waals surface area (Å²) in [7, 11) is 2.14. The number of carbonyl (C=O) groups is 1. The van der Waals surface area contributed by atoms with Crippen molar-refractivity contribution in [2.24, 2.45) is 0 Å². The van der Waals surface area contributed by atoms with E-state index in [1.807, 2.05) is 19.1 Å². The number of nitrogens with one attached hydrogen (secondary N) is 2. The van der Waals surface area contributed by atoms with Gasteiger partial charge in [0.2, 0.25) is 0 Å². The zero-order valence-corrected chi connectivity index (χ0v) is 18.2. The standard InChI is InChI=1S/C26H31N3O/c1-18-16-22(21-10-14-29(3)15-11-21)4-6-24(18)26(30)28-25-7-5-23(17-19(25)2)20-8-12-27-13-9-20/h4-8,10,16-17,27H,9,11-15H2,1-3H3,(H,28,30). The minimum atomic E-state index is -0.0478. The SMILES string of the molecule is Cc1cc(C2=CCNCC2)ccc1NC(=O)c1ccc(C2=CCN(C)CC2)cc1C. The molecule has 0 aliphatic carbocycles. The number of hydrogen-bond donors (Lipinski definition) is 2. The Labute approximate surface area is 179 Å². The van der Waals surface area contributed by atoms with Crippen molar-refractivity contribution in [1.82, 2.24) is 10.2 Å². The molecule has 30 heavy (non-hydrogen) atoms. The first-order valence-electron chi connectivity index (χ1n) is 10.8. The fraction of sp³-hybridized carbons (Fsp3) is 0.346. The van der Waals surface area contributed by atoms with E-state index in [4.69, 9.17) is 0 Å². The van der Waals surface area contributed by atoms with Crippen LogP contribution in [-0.4, -0.2) is 44.0 Å². The first-order chi connectivity index (χ1) is 14.5. The van der Waals surface area contributed by atoms with Crippen LogP contribution in [0.4, 0.5) is 5.69 Å². The second kappa shape index (κ2) is 8.99. The lowest BCUT2D eigenvalue weighted by atomic mass is 9.95. The minimum absolute atomic E-state index is 0.0478. The second-order valence-electron chi connectivity index (χ2n) is 8.44. The van der Waals surface area contributed by atoms with E-state index in [2.05, 4.69) is 65.9 Å². The maximum Gasteiger partial charge on any atom is 0.255 e. The number of nitrogens with zero attached hydrogens (tertiary/aromatic N) is 1. The molecule has 0 saturated carbocycles. The molecule has 2 aromatic carbocycles. The Morgan fingerprint density at radius 2 is 1.70 bits per heavy atom. The van der Waals surface area contributed by atoms with Gasteiger partial charge in [0.05, 0.1) is 0 Å². The first-order valence-corrected chi connectivity index (χ1v) is 10.8. The van der Waals surface area contributed by atoms with Crippen LogP contribution in [0.25, 0.3) is 11.1 Å². The minimum Gasteiger partial charge on any atom is -0.322 e. The summed E-state index contributed by atoms with van der Waals surface area (Å²) < 4.78 is 0. The summed E-state index contributed by atoms with van der Waals surface area (Å²) in [6.45, 7) is 8.09. The highest BCUT2D eigenvalue weighted by atomic mass is 16.1. The highest BCUT2D eigenvalue weighted by Gasteiger charge is 2.15. The van der Waals surface area contributed by atoms with Crippen LogP contribution < -0.4 is 10.6 Å². The largest absolute Gasteiger partial charge is 0.322 e. The number of benzene rings is 2. The predicted octanol–water partition coefficient (Wildman–Crippen LogP) is 4.65. The van der Waals surface area contributed by atoms with Gasteiger partial charge in [0.1, 0.15) is 0 Å². The van der Waals surface area contributed by atoms with Crippen LogP contribution in [0.5, 0.6) is 0 Å². The Morgan fingerprint density at radius 3 is 2.33 bits per heavy atom. The molecule has 0 bridgehead atoms. The van der Waals surface area contributed by atoms with Crippen molar-refractivity contribution in [3.8, 4) is 0 Å². The molecular formula is C26H31N3O. The maximum atomic E-state index is 13.0. The third-order valence-electron chi connectivity index (χ3n) is 6.16. The van der Waals surface area contributed by atoms with Gasteiger partial charge in [-0.05, 0) is 91.9 Å². The second-order valence-corrected chi connectivity index (χ2v) is 8.44. The van der Waals surface area contributed by atoms with Gasteiger partial charge in [-0.25, -0.2) is 0 Å². The lowest BCUT2D eigenvalue weighted by molar-refractivity contribution is 0.102. The van der Waals surface area contributed by atoms with E-state index in [1.165, 1.54) is 22.3 Å². The fourth-order valence-electron chi connectivity index (χ4n) is 4.23. The summed E-state index contributed by atoms with van der Waals surface area (Å²) in [4.78, 5) is 15.3. The Kier molecular flexibility index (Phi) is 6.16. The van der Waals surface area contributed by atoms with Crippen LogP contribution in [0.1, 0.15) is 45.5 Å². The number of carbonyl (C=O) groups excluding carboxylic acids is 1. The molecule has 2 aromatic rings. The van der Waals surface area contributed by atoms with E-state index in [1.54, 1.807) is 0 Å². The Bertz CT molecular complexity index is 1020. The highest BCUT2D eigenvalue weighted by Crippen LogP contribution is 2.27. The van der Waals surface area contributed by atoms with E-state index in [0.717, 1.165) is 61.4 Å². The average Bonchev–Trinajstić information content (AvgIpc) is 2.76. The summed E-state index contributed by atoms with van der Waals surface area (Å²) in [6.07, 6.45) is 6.64. The van der Waals surface area contributed by atoms with Gasteiger partial charge in [-0.3, -0.25) is 4.79 Å². The summed E-state index contributed by atoms with van der Waals surface area (Å²) in [5.41, 5.74) is 8.94. The molecule has 2 aliphatic heterocycles. The number of amides is 1. The smallest absolute Gasteiger partial charge is 0.255 e. The Balaban J connectivity index is 1.49. The molecule has 2 N–H and O–H groups in total. The van der Waals surface area contributed by atoms with Gasteiger partial charge in [-0.1, -0.05) is 30.4 Å². The van der Waals surface area contributed by atoms with Gasteiger partial charge in [0.15, 0.2) is 0 Å². The third-order valence-corrected chi connectivity index (χ3v) is 6.16. The molecule has 4 heteroatoms. The van der Waals surface area contributed by atoms with Gasteiger partial charge in [-0.2, -0.15) is 0 Å². The van der Waals surface area contributed by atoms with Crippen molar-refractivity contribution < 1.29 is 4.79 Å². The van der Waals surface area contributed by atoms with Crippen LogP contribution in [0.2, 0.25) is 0 Å². The van der Waals surface area contributed by atoms with Gasteiger partial charge < -0.3 is 15.5 Å². The molecule has 0 fully saturated rings. The van der Waals surface area contributed by atoms with Crippen molar-refractivity contribution >= 4 is 22.7 Å². The predicted molar refractivity (Wildman–Crippen MR) is 126 cm³/mol.